The summed E-state index contributed by atoms with van der Waals surface area (Å²) in [5.74, 6) is 0. The molecule has 0 radical (unpaired) electrons. The van der Waals surface area contributed by atoms with Gasteiger partial charge in [0.05, 0.1) is 6.04 Å². The second-order valence-electron chi connectivity index (χ2n) is 3.76. The van der Waals surface area contributed by atoms with Gasteiger partial charge in [-0.1, -0.05) is 12.1 Å². The Hall–Kier alpha value is -1.16. The molecule has 84 valence electrons. The molecule has 0 bridgehead atoms. The summed E-state index contributed by atoms with van der Waals surface area (Å²) in [7, 11) is 3.86. The molecule has 0 spiro atoms. The Labute approximate surface area is 88.7 Å². The Kier molecular flexibility index (Phi) is 4.03. The largest absolute Gasteiger partial charge is 0.378 e. The van der Waals surface area contributed by atoms with Crippen LogP contribution in [-0.2, 0) is 6.42 Å². The standard InChI is InChI=1S/C11H16F2N2/c1-15(2)9-5-3-8(4-6-9)7-10(14)11(12)13/h3-6,10-11H,7,14H2,1-2H3. The second kappa shape index (κ2) is 5.07. The Morgan fingerprint density at radius 3 is 2.13 bits per heavy atom. The summed E-state index contributed by atoms with van der Waals surface area (Å²) < 4.78 is 24.4. The summed E-state index contributed by atoms with van der Waals surface area (Å²) in [4.78, 5) is 1.96. The summed E-state index contributed by atoms with van der Waals surface area (Å²) in [6.07, 6.45) is -2.25. The molecular formula is C11H16F2N2. The van der Waals surface area contributed by atoms with Crippen molar-refractivity contribution in [1.29, 1.82) is 0 Å². The van der Waals surface area contributed by atoms with Crippen molar-refractivity contribution < 1.29 is 8.78 Å². The fourth-order valence-electron chi connectivity index (χ4n) is 1.29. The minimum Gasteiger partial charge on any atom is -0.378 e. The first-order valence-corrected chi connectivity index (χ1v) is 4.80. The fraction of sp³-hybridized carbons (Fsp3) is 0.455. The molecule has 0 amide bonds. The molecule has 0 heterocycles. The number of rotatable bonds is 4. The summed E-state index contributed by atoms with van der Waals surface area (Å²) >= 11 is 0. The molecule has 15 heavy (non-hydrogen) atoms. The Morgan fingerprint density at radius 1 is 1.20 bits per heavy atom. The van der Waals surface area contributed by atoms with Crippen LogP contribution in [0.1, 0.15) is 5.56 Å². The number of alkyl halides is 2. The van der Waals surface area contributed by atoms with E-state index < -0.39 is 12.5 Å². The van der Waals surface area contributed by atoms with Crippen LogP contribution in [0.25, 0.3) is 0 Å². The van der Waals surface area contributed by atoms with Gasteiger partial charge in [-0.25, -0.2) is 8.78 Å². The van der Waals surface area contributed by atoms with E-state index in [2.05, 4.69) is 0 Å². The smallest absolute Gasteiger partial charge is 0.253 e. The van der Waals surface area contributed by atoms with E-state index in [0.29, 0.717) is 0 Å². The topological polar surface area (TPSA) is 29.3 Å². The summed E-state index contributed by atoms with van der Waals surface area (Å²) in [5.41, 5.74) is 7.17. The maximum Gasteiger partial charge on any atom is 0.253 e. The first kappa shape index (κ1) is 11.9. The van der Waals surface area contributed by atoms with Crippen LogP contribution in [0.4, 0.5) is 14.5 Å². The second-order valence-corrected chi connectivity index (χ2v) is 3.76. The number of nitrogens with zero attached hydrogens (tertiary/aromatic N) is 1. The highest BCUT2D eigenvalue weighted by Crippen LogP contribution is 2.14. The van der Waals surface area contributed by atoms with Gasteiger partial charge in [0.15, 0.2) is 0 Å². The molecule has 2 N–H and O–H groups in total. The zero-order chi connectivity index (χ0) is 11.4. The summed E-state index contributed by atoms with van der Waals surface area (Å²) in [5, 5.41) is 0. The lowest BCUT2D eigenvalue weighted by atomic mass is 10.1. The number of halogens is 2. The van der Waals surface area contributed by atoms with Crippen LogP contribution in [-0.4, -0.2) is 26.6 Å². The van der Waals surface area contributed by atoms with Crippen molar-refractivity contribution in [2.24, 2.45) is 5.73 Å². The van der Waals surface area contributed by atoms with Crippen LogP contribution in [0.15, 0.2) is 24.3 Å². The van der Waals surface area contributed by atoms with Crippen LogP contribution in [0.5, 0.6) is 0 Å². The summed E-state index contributed by atoms with van der Waals surface area (Å²) in [6, 6.07) is 6.38. The average molecular weight is 214 g/mol. The van der Waals surface area contributed by atoms with E-state index >= 15 is 0 Å². The Morgan fingerprint density at radius 2 is 1.73 bits per heavy atom. The third-order valence-corrected chi connectivity index (χ3v) is 2.25. The molecule has 2 nitrogen and oxygen atoms in total. The van der Waals surface area contributed by atoms with E-state index in [0.717, 1.165) is 11.3 Å². The molecule has 4 heteroatoms. The molecule has 1 atom stereocenters. The number of nitrogens with two attached hydrogens (primary N) is 1. The predicted molar refractivity (Wildman–Crippen MR) is 58.5 cm³/mol. The van der Waals surface area contributed by atoms with Gasteiger partial charge in [-0.15, -0.1) is 0 Å². The predicted octanol–water partition coefficient (Wildman–Crippen LogP) is 1.89. The monoisotopic (exact) mass is 214 g/mol. The van der Waals surface area contributed by atoms with Gasteiger partial charge in [-0.2, -0.15) is 0 Å². The van der Waals surface area contributed by atoms with E-state index in [-0.39, 0.29) is 6.42 Å². The van der Waals surface area contributed by atoms with Crippen LogP contribution in [0.3, 0.4) is 0 Å². The highest BCUT2D eigenvalue weighted by atomic mass is 19.3. The molecule has 0 aromatic heterocycles. The maximum atomic E-state index is 12.2. The molecule has 1 aromatic rings. The normalized spacial score (nSPS) is 12.9. The van der Waals surface area contributed by atoms with Crippen LogP contribution >= 0.6 is 0 Å². The van der Waals surface area contributed by atoms with E-state index in [1.165, 1.54) is 0 Å². The van der Waals surface area contributed by atoms with Crippen molar-refractivity contribution >= 4 is 5.69 Å². The van der Waals surface area contributed by atoms with E-state index in [9.17, 15) is 8.78 Å². The Balaban J connectivity index is 2.64. The van der Waals surface area contributed by atoms with Crippen molar-refractivity contribution in [1.82, 2.24) is 0 Å². The third kappa shape index (κ3) is 3.47. The number of hydrogen-bond acceptors (Lipinski definition) is 2. The lowest BCUT2D eigenvalue weighted by Gasteiger charge is -2.14. The van der Waals surface area contributed by atoms with Crippen molar-refractivity contribution in [3.05, 3.63) is 29.8 Å². The van der Waals surface area contributed by atoms with Gasteiger partial charge in [0.25, 0.3) is 6.43 Å². The van der Waals surface area contributed by atoms with E-state index in [1.807, 2.05) is 43.3 Å². The molecule has 0 fully saturated rings. The molecule has 1 unspecified atom stereocenters. The first-order valence-electron chi connectivity index (χ1n) is 4.80. The average Bonchev–Trinajstić information content (AvgIpc) is 2.18. The molecule has 1 aromatic carbocycles. The van der Waals surface area contributed by atoms with Crippen molar-refractivity contribution in [2.45, 2.75) is 18.9 Å². The van der Waals surface area contributed by atoms with Crippen LogP contribution in [0, 0.1) is 0 Å². The van der Waals surface area contributed by atoms with Gasteiger partial charge < -0.3 is 10.6 Å². The number of hydrogen-bond donors (Lipinski definition) is 1. The Bertz CT molecular complexity index is 296. The molecular weight excluding hydrogens is 198 g/mol. The van der Waals surface area contributed by atoms with Crippen LogP contribution < -0.4 is 10.6 Å². The molecule has 0 aliphatic heterocycles. The van der Waals surface area contributed by atoms with Crippen molar-refractivity contribution in [3.8, 4) is 0 Å². The van der Waals surface area contributed by atoms with Crippen LogP contribution in [0.2, 0.25) is 0 Å². The van der Waals surface area contributed by atoms with E-state index in [4.69, 9.17) is 5.73 Å². The zero-order valence-corrected chi connectivity index (χ0v) is 8.95. The minimum atomic E-state index is -2.46. The maximum absolute atomic E-state index is 12.2. The first-order chi connectivity index (χ1) is 7.00. The zero-order valence-electron chi connectivity index (χ0n) is 8.95. The van der Waals surface area contributed by atoms with Crippen molar-refractivity contribution in [3.63, 3.8) is 0 Å². The van der Waals surface area contributed by atoms with Gasteiger partial charge in [0.1, 0.15) is 0 Å². The number of benzene rings is 1. The van der Waals surface area contributed by atoms with Gasteiger partial charge >= 0.3 is 0 Å². The molecule has 0 aliphatic carbocycles. The third-order valence-electron chi connectivity index (χ3n) is 2.25. The lowest BCUT2D eigenvalue weighted by Crippen LogP contribution is -2.30. The lowest BCUT2D eigenvalue weighted by molar-refractivity contribution is 0.116. The highest BCUT2D eigenvalue weighted by Gasteiger charge is 2.15. The minimum absolute atomic E-state index is 0.214. The molecule has 0 aliphatic rings. The van der Waals surface area contributed by atoms with Gasteiger partial charge in [-0.3, -0.25) is 0 Å². The SMILES string of the molecule is CN(C)c1ccc(CC(N)C(F)F)cc1. The van der Waals surface area contributed by atoms with E-state index in [1.54, 1.807) is 0 Å². The summed E-state index contributed by atoms with van der Waals surface area (Å²) in [6.45, 7) is 0. The number of anilines is 1. The van der Waals surface area contributed by atoms with Crippen molar-refractivity contribution in [2.75, 3.05) is 19.0 Å². The van der Waals surface area contributed by atoms with Gasteiger partial charge in [0, 0.05) is 19.8 Å². The molecule has 0 saturated heterocycles. The van der Waals surface area contributed by atoms with Gasteiger partial charge in [-0.05, 0) is 24.1 Å². The quantitative estimate of drug-likeness (QED) is 0.829. The fourth-order valence-corrected chi connectivity index (χ4v) is 1.29. The van der Waals surface area contributed by atoms with Gasteiger partial charge in [0.2, 0.25) is 0 Å². The highest BCUT2D eigenvalue weighted by molar-refractivity contribution is 5.46. The molecule has 0 saturated carbocycles. The molecule has 1 rings (SSSR count).